The van der Waals surface area contributed by atoms with E-state index in [-0.39, 0.29) is 11.8 Å². The number of hydrogen-bond donors (Lipinski definition) is 0. The van der Waals surface area contributed by atoms with Crippen LogP contribution in [-0.2, 0) is 13.5 Å². The zero-order valence-electron chi connectivity index (χ0n) is 16.8. The Morgan fingerprint density at radius 2 is 2.07 bits per heavy atom. The zero-order chi connectivity index (χ0) is 20.4. The van der Waals surface area contributed by atoms with Gasteiger partial charge in [-0.1, -0.05) is 29.8 Å². The van der Waals surface area contributed by atoms with Gasteiger partial charge in [0.05, 0.1) is 0 Å². The molecular formula is C23H25ClN4O. The lowest BCUT2D eigenvalue weighted by molar-refractivity contribution is 0.0694. The minimum Gasteiger partial charge on any atom is -0.337 e. The quantitative estimate of drug-likeness (QED) is 0.643. The summed E-state index contributed by atoms with van der Waals surface area (Å²) < 4.78 is 1.64. The Bertz CT molecular complexity index is 1030. The van der Waals surface area contributed by atoms with Gasteiger partial charge in [-0.3, -0.25) is 14.5 Å². The number of likely N-dealkylation sites (tertiary alicyclic amines) is 1. The van der Waals surface area contributed by atoms with Crippen molar-refractivity contribution in [3.05, 3.63) is 81.9 Å². The molecule has 0 saturated carbocycles. The summed E-state index contributed by atoms with van der Waals surface area (Å²) in [7, 11) is 1.80. The van der Waals surface area contributed by atoms with Crippen molar-refractivity contribution in [1.29, 1.82) is 0 Å². The summed E-state index contributed by atoms with van der Waals surface area (Å²) in [5.74, 6) is 0.282. The molecule has 4 rings (SSSR count). The Hall–Kier alpha value is -2.66. The van der Waals surface area contributed by atoms with Gasteiger partial charge in [-0.05, 0) is 61.6 Å². The fourth-order valence-corrected chi connectivity index (χ4v) is 4.29. The van der Waals surface area contributed by atoms with Crippen LogP contribution in [0.15, 0.2) is 48.7 Å². The van der Waals surface area contributed by atoms with Gasteiger partial charge < -0.3 is 4.90 Å². The van der Waals surface area contributed by atoms with Crippen LogP contribution in [0.5, 0.6) is 0 Å². The molecule has 6 heteroatoms. The predicted molar refractivity (Wildman–Crippen MR) is 114 cm³/mol. The highest BCUT2D eigenvalue weighted by Crippen LogP contribution is 2.28. The van der Waals surface area contributed by atoms with Gasteiger partial charge in [0.2, 0.25) is 0 Å². The van der Waals surface area contributed by atoms with E-state index in [1.54, 1.807) is 24.0 Å². The van der Waals surface area contributed by atoms with Gasteiger partial charge in [-0.2, -0.15) is 5.10 Å². The van der Waals surface area contributed by atoms with Crippen molar-refractivity contribution in [2.75, 3.05) is 13.1 Å². The maximum absolute atomic E-state index is 12.9. The molecule has 0 spiro atoms. The predicted octanol–water partition coefficient (Wildman–Crippen LogP) is 4.39. The van der Waals surface area contributed by atoms with Crippen LogP contribution in [0.25, 0.3) is 0 Å². The molecule has 150 valence electrons. The second-order valence-electron chi connectivity index (χ2n) is 7.74. The fourth-order valence-electron chi connectivity index (χ4n) is 4.09. The van der Waals surface area contributed by atoms with E-state index in [0.29, 0.717) is 12.2 Å². The molecule has 1 atom stereocenters. The third-order valence-electron chi connectivity index (χ3n) is 5.55. The summed E-state index contributed by atoms with van der Waals surface area (Å²) in [6.07, 6.45) is 4.46. The van der Waals surface area contributed by atoms with E-state index in [9.17, 15) is 4.79 Å². The molecule has 1 amide bonds. The van der Waals surface area contributed by atoms with Gasteiger partial charge in [0.25, 0.3) is 5.91 Å². The molecular weight excluding hydrogens is 384 g/mol. The highest BCUT2D eigenvalue weighted by atomic mass is 35.5. The number of amides is 1. The van der Waals surface area contributed by atoms with Crippen LogP contribution in [0.2, 0.25) is 5.02 Å². The van der Waals surface area contributed by atoms with Crippen LogP contribution in [-0.4, -0.2) is 38.7 Å². The van der Waals surface area contributed by atoms with Gasteiger partial charge in [-0.25, -0.2) is 0 Å². The first-order chi connectivity index (χ1) is 14.0. The lowest BCUT2D eigenvalue weighted by Gasteiger charge is -2.32. The number of pyridine rings is 1. The molecule has 0 aliphatic carbocycles. The molecule has 2 aromatic heterocycles. The number of carbonyl (C=O) groups is 1. The third-order valence-corrected chi connectivity index (χ3v) is 5.92. The second kappa shape index (κ2) is 8.37. The molecule has 1 aromatic carbocycles. The molecule has 5 nitrogen and oxygen atoms in total. The third kappa shape index (κ3) is 4.35. The number of aryl methyl sites for hydroxylation is 2. The van der Waals surface area contributed by atoms with Crippen molar-refractivity contribution in [2.24, 2.45) is 7.05 Å². The molecule has 3 heterocycles. The van der Waals surface area contributed by atoms with Crippen LogP contribution in [0, 0.1) is 6.92 Å². The molecule has 1 unspecified atom stereocenters. The standard InChI is InChI=1S/C23H25ClN4O/c1-16-12-17(13-18-6-3-4-8-20(18)24)14-21(26-16)19-7-5-11-28(15-19)23(29)22-9-10-25-27(22)2/h3-4,6,8-10,12,14,19H,5,7,11,13,15H2,1-2H3. The Kier molecular flexibility index (Phi) is 5.67. The minimum atomic E-state index is 0.0404. The van der Waals surface area contributed by atoms with Gasteiger partial charge in [-0.15, -0.1) is 0 Å². The average molecular weight is 409 g/mol. The van der Waals surface area contributed by atoms with E-state index in [1.165, 1.54) is 5.56 Å². The highest BCUT2D eigenvalue weighted by Gasteiger charge is 2.27. The first-order valence-electron chi connectivity index (χ1n) is 9.99. The van der Waals surface area contributed by atoms with E-state index < -0.39 is 0 Å². The van der Waals surface area contributed by atoms with Gasteiger partial charge in [0, 0.05) is 48.7 Å². The monoisotopic (exact) mass is 408 g/mol. The SMILES string of the molecule is Cc1cc(Cc2ccccc2Cl)cc(C2CCCN(C(=O)c3ccnn3C)C2)n1. The van der Waals surface area contributed by atoms with Gasteiger partial charge >= 0.3 is 0 Å². The van der Waals surface area contributed by atoms with E-state index in [2.05, 4.69) is 23.3 Å². The topological polar surface area (TPSA) is 51.0 Å². The Labute approximate surface area is 176 Å². The van der Waals surface area contributed by atoms with E-state index >= 15 is 0 Å². The van der Waals surface area contributed by atoms with Crippen molar-refractivity contribution in [2.45, 2.75) is 32.1 Å². The normalized spacial score (nSPS) is 16.8. The highest BCUT2D eigenvalue weighted by molar-refractivity contribution is 6.31. The Morgan fingerprint density at radius 1 is 1.24 bits per heavy atom. The number of aromatic nitrogens is 3. The summed E-state index contributed by atoms with van der Waals surface area (Å²) in [5, 5.41) is 4.91. The molecule has 0 bridgehead atoms. The van der Waals surface area contributed by atoms with Crippen LogP contribution in [0.3, 0.4) is 0 Å². The van der Waals surface area contributed by atoms with E-state index in [4.69, 9.17) is 16.6 Å². The number of piperidine rings is 1. The lowest BCUT2D eigenvalue weighted by Crippen LogP contribution is -2.40. The first kappa shape index (κ1) is 19.6. The number of benzene rings is 1. The maximum Gasteiger partial charge on any atom is 0.272 e. The summed E-state index contributed by atoms with van der Waals surface area (Å²) in [6.45, 7) is 3.49. The molecule has 1 aliphatic rings. The lowest BCUT2D eigenvalue weighted by atomic mass is 9.92. The average Bonchev–Trinajstić information content (AvgIpc) is 3.15. The molecule has 1 aliphatic heterocycles. The number of nitrogens with zero attached hydrogens (tertiary/aromatic N) is 4. The van der Waals surface area contributed by atoms with E-state index in [1.807, 2.05) is 30.0 Å². The van der Waals surface area contributed by atoms with Crippen molar-refractivity contribution in [1.82, 2.24) is 19.7 Å². The number of halogens is 1. The van der Waals surface area contributed by atoms with Crippen LogP contribution in [0.4, 0.5) is 0 Å². The Balaban J connectivity index is 1.54. The first-order valence-corrected chi connectivity index (χ1v) is 10.4. The molecule has 3 aromatic rings. The molecule has 29 heavy (non-hydrogen) atoms. The van der Waals surface area contributed by atoms with Crippen LogP contribution < -0.4 is 0 Å². The van der Waals surface area contributed by atoms with Crippen molar-refractivity contribution < 1.29 is 4.79 Å². The zero-order valence-corrected chi connectivity index (χ0v) is 17.6. The minimum absolute atomic E-state index is 0.0404. The summed E-state index contributed by atoms with van der Waals surface area (Å²) in [6, 6.07) is 14.0. The summed E-state index contributed by atoms with van der Waals surface area (Å²) >= 11 is 6.35. The summed E-state index contributed by atoms with van der Waals surface area (Å²) in [5.41, 5.74) is 5.01. The van der Waals surface area contributed by atoms with Crippen molar-refractivity contribution in [3.63, 3.8) is 0 Å². The van der Waals surface area contributed by atoms with E-state index in [0.717, 1.165) is 47.8 Å². The molecule has 1 saturated heterocycles. The smallest absolute Gasteiger partial charge is 0.272 e. The largest absolute Gasteiger partial charge is 0.337 e. The van der Waals surface area contributed by atoms with Gasteiger partial charge in [0.1, 0.15) is 5.69 Å². The fraction of sp³-hybridized carbons (Fsp3) is 0.348. The number of carbonyl (C=O) groups excluding carboxylic acids is 1. The van der Waals surface area contributed by atoms with Crippen LogP contribution >= 0.6 is 11.6 Å². The van der Waals surface area contributed by atoms with Gasteiger partial charge in [0.15, 0.2) is 0 Å². The van der Waals surface area contributed by atoms with Crippen molar-refractivity contribution in [3.8, 4) is 0 Å². The summed E-state index contributed by atoms with van der Waals surface area (Å²) in [4.78, 5) is 19.6. The molecule has 1 fully saturated rings. The molecule has 0 N–H and O–H groups in total. The number of hydrogen-bond acceptors (Lipinski definition) is 3. The maximum atomic E-state index is 12.9. The second-order valence-corrected chi connectivity index (χ2v) is 8.15. The Morgan fingerprint density at radius 3 is 2.83 bits per heavy atom. The molecule has 0 radical (unpaired) electrons. The van der Waals surface area contributed by atoms with Crippen molar-refractivity contribution >= 4 is 17.5 Å². The number of rotatable bonds is 4. The van der Waals surface area contributed by atoms with Crippen LogP contribution in [0.1, 0.15) is 51.8 Å².